The third kappa shape index (κ3) is 4.19. The molecule has 2 aliphatic rings. The van der Waals surface area contributed by atoms with Crippen LogP contribution in [0.25, 0.3) is 0 Å². The van der Waals surface area contributed by atoms with Crippen LogP contribution < -0.4 is 15.5 Å². The van der Waals surface area contributed by atoms with E-state index in [4.69, 9.17) is 11.6 Å². The molecule has 2 aromatic carbocycles. The summed E-state index contributed by atoms with van der Waals surface area (Å²) in [6.07, 6.45) is 2.83. The molecule has 0 bridgehead atoms. The van der Waals surface area contributed by atoms with Crippen LogP contribution in [0.5, 0.6) is 0 Å². The van der Waals surface area contributed by atoms with Crippen LogP contribution in [-0.2, 0) is 5.54 Å². The van der Waals surface area contributed by atoms with Gasteiger partial charge in [0.05, 0.1) is 5.54 Å². The van der Waals surface area contributed by atoms with E-state index in [2.05, 4.69) is 15.5 Å². The Morgan fingerprint density at radius 1 is 1.15 bits per heavy atom. The number of nitrogens with one attached hydrogen (secondary N) is 2. The van der Waals surface area contributed by atoms with Gasteiger partial charge in [0.2, 0.25) is 0 Å². The molecule has 4 rings (SSSR count). The second-order valence-corrected chi connectivity index (χ2v) is 7.94. The lowest BCUT2D eigenvalue weighted by atomic mass is 10.1. The molecular weight excluding hydrogens is 365 g/mol. The molecule has 1 atom stereocenters. The monoisotopic (exact) mass is 387 g/mol. The topological polar surface area (TPSA) is 44.4 Å². The lowest BCUT2D eigenvalue weighted by Gasteiger charge is -2.20. The number of amides is 2. The van der Waals surface area contributed by atoms with Gasteiger partial charge < -0.3 is 15.5 Å². The zero-order valence-electron chi connectivity index (χ0n) is 15.1. The third-order valence-corrected chi connectivity index (χ3v) is 5.78. The molecule has 1 aliphatic heterocycles. The lowest BCUT2D eigenvalue weighted by molar-refractivity contribution is 0.234. The second-order valence-electron chi connectivity index (χ2n) is 7.50. The largest absolute Gasteiger partial charge is 0.371 e. The summed E-state index contributed by atoms with van der Waals surface area (Å²) in [5, 5.41) is 6.83. The average molecular weight is 388 g/mol. The van der Waals surface area contributed by atoms with Crippen molar-refractivity contribution in [3.8, 4) is 0 Å². The Morgan fingerprint density at radius 3 is 2.52 bits per heavy atom. The molecule has 2 aromatic rings. The van der Waals surface area contributed by atoms with Crippen LogP contribution in [0.1, 0.15) is 24.8 Å². The molecule has 1 aliphatic carbocycles. The molecule has 4 nitrogen and oxygen atoms in total. The third-order valence-electron chi connectivity index (χ3n) is 5.53. The van der Waals surface area contributed by atoms with E-state index in [1.165, 1.54) is 17.8 Å². The van der Waals surface area contributed by atoms with Gasteiger partial charge in [0.1, 0.15) is 5.82 Å². The van der Waals surface area contributed by atoms with Gasteiger partial charge in [-0.15, -0.1) is 0 Å². The number of urea groups is 1. The van der Waals surface area contributed by atoms with E-state index in [0.29, 0.717) is 12.5 Å². The maximum Gasteiger partial charge on any atom is 0.315 e. The summed E-state index contributed by atoms with van der Waals surface area (Å²) >= 11 is 5.95. The molecule has 2 N–H and O–H groups in total. The Morgan fingerprint density at radius 2 is 1.85 bits per heavy atom. The number of carbonyl (C=O) groups excluding carboxylic acids is 1. The van der Waals surface area contributed by atoms with E-state index in [1.54, 1.807) is 12.1 Å². The fourth-order valence-electron chi connectivity index (χ4n) is 3.76. The molecule has 0 spiro atoms. The van der Waals surface area contributed by atoms with Crippen LogP contribution in [0, 0.1) is 11.7 Å². The zero-order chi connectivity index (χ0) is 18.9. The predicted molar refractivity (Wildman–Crippen MR) is 106 cm³/mol. The highest BCUT2D eigenvalue weighted by Gasteiger charge is 2.45. The molecule has 0 radical (unpaired) electrons. The highest BCUT2D eigenvalue weighted by Crippen LogP contribution is 2.45. The van der Waals surface area contributed by atoms with Crippen molar-refractivity contribution in [2.75, 3.05) is 24.5 Å². The van der Waals surface area contributed by atoms with Crippen molar-refractivity contribution < 1.29 is 9.18 Å². The minimum atomic E-state index is -0.331. The molecule has 2 fully saturated rings. The minimum Gasteiger partial charge on any atom is -0.371 e. The number of hydrogen-bond acceptors (Lipinski definition) is 2. The maximum atomic E-state index is 13.1. The standard InChI is InChI=1S/C21H23ClFN3O/c22-17-3-7-19(8-4-17)26-12-9-15(14-26)13-24-20(27)25-21(10-11-21)16-1-5-18(23)6-2-16/h1-8,15H,9-14H2,(H2,24,25,27). The van der Waals surface area contributed by atoms with Gasteiger partial charge in [-0.3, -0.25) is 0 Å². The summed E-state index contributed by atoms with van der Waals surface area (Å²) in [5.74, 6) is 0.165. The number of nitrogens with zero attached hydrogens (tertiary/aromatic N) is 1. The molecule has 1 saturated heterocycles. The first-order chi connectivity index (χ1) is 13.0. The molecule has 1 unspecified atom stereocenters. The van der Waals surface area contributed by atoms with Crippen molar-refractivity contribution in [2.45, 2.75) is 24.8 Å². The minimum absolute atomic E-state index is 0.151. The summed E-state index contributed by atoms with van der Waals surface area (Å²) < 4.78 is 13.1. The highest BCUT2D eigenvalue weighted by molar-refractivity contribution is 6.30. The Balaban J connectivity index is 1.26. The number of rotatable bonds is 5. The predicted octanol–water partition coefficient (Wildman–Crippen LogP) is 4.29. The van der Waals surface area contributed by atoms with Crippen molar-refractivity contribution in [3.05, 3.63) is 64.9 Å². The molecule has 0 aromatic heterocycles. The maximum absolute atomic E-state index is 13.1. The first kappa shape index (κ1) is 18.1. The van der Waals surface area contributed by atoms with Crippen molar-refractivity contribution in [3.63, 3.8) is 0 Å². The van der Waals surface area contributed by atoms with Gasteiger partial charge in [0.15, 0.2) is 0 Å². The Hall–Kier alpha value is -2.27. The number of benzene rings is 2. The Labute approximate surface area is 163 Å². The number of hydrogen-bond donors (Lipinski definition) is 2. The molecule has 1 heterocycles. The number of halogens is 2. The molecule has 6 heteroatoms. The zero-order valence-corrected chi connectivity index (χ0v) is 15.8. The van der Waals surface area contributed by atoms with Crippen molar-refractivity contribution >= 4 is 23.3 Å². The Kier molecular flexibility index (Phi) is 4.96. The fourth-order valence-corrected chi connectivity index (χ4v) is 3.89. The highest BCUT2D eigenvalue weighted by atomic mass is 35.5. The van der Waals surface area contributed by atoms with Crippen LogP contribution in [0.15, 0.2) is 48.5 Å². The van der Waals surface area contributed by atoms with Gasteiger partial charge in [-0.25, -0.2) is 9.18 Å². The van der Waals surface area contributed by atoms with Crippen LogP contribution in [0.4, 0.5) is 14.9 Å². The van der Waals surface area contributed by atoms with Gasteiger partial charge in [-0.1, -0.05) is 23.7 Å². The SMILES string of the molecule is O=C(NCC1CCN(c2ccc(Cl)cc2)C1)NC1(c2ccc(F)cc2)CC1. The first-order valence-corrected chi connectivity index (χ1v) is 9.74. The molecule has 27 heavy (non-hydrogen) atoms. The van der Waals surface area contributed by atoms with Gasteiger partial charge >= 0.3 is 6.03 Å². The smallest absolute Gasteiger partial charge is 0.315 e. The fraction of sp³-hybridized carbons (Fsp3) is 0.381. The number of anilines is 1. The van der Waals surface area contributed by atoms with Gasteiger partial charge in [-0.05, 0) is 67.1 Å². The van der Waals surface area contributed by atoms with Crippen LogP contribution in [0.2, 0.25) is 5.02 Å². The van der Waals surface area contributed by atoms with Crippen LogP contribution in [0.3, 0.4) is 0 Å². The van der Waals surface area contributed by atoms with E-state index in [-0.39, 0.29) is 17.4 Å². The quantitative estimate of drug-likeness (QED) is 0.803. The summed E-state index contributed by atoms with van der Waals surface area (Å²) in [6.45, 7) is 2.55. The van der Waals surface area contributed by atoms with Crippen LogP contribution >= 0.6 is 11.6 Å². The normalized spacial score (nSPS) is 20.4. The van der Waals surface area contributed by atoms with Crippen molar-refractivity contribution in [1.82, 2.24) is 10.6 Å². The molecule has 2 amide bonds. The van der Waals surface area contributed by atoms with E-state index < -0.39 is 0 Å². The summed E-state index contributed by atoms with van der Waals surface area (Å²) in [7, 11) is 0. The van der Waals surface area contributed by atoms with Crippen molar-refractivity contribution in [1.29, 1.82) is 0 Å². The lowest BCUT2D eigenvalue weighted by Crippen LogP contribution is -2.44. The molecule has 1 saturated carbocycles. The van der Waals surface area contributed by atoms with Gasteiger partial charge in [0, 0.05) is 30.3 Å². The van der Waals surface area contributed by atoms with Gasteiger partial charge in [0.25, 0.3) is 0 Å². The first-order valence-electron chi connectivity index (χ1n) is 9.37. The molecular formula is C21H23ClFN3O. The Bertz CT molecular complexity index is 805. The van der Waals surface area contributed by atoms with Gasteiger partial charge in [-0.2, -0.15) is 0 Å². The van der Waals surface area contributed by atoms with Crippen molar-refractivity contribution in [2.24, 2.45) is 5.92 Å². The van der Waals surface area contributed by atoms with E-state index in [1.807, 2.05) is 24.3 Å². The second kappa shape index (κ2) is 7.39. The average Bonchev–Trinajstić information content (AvgIpc) is 3.28. The summed E-state index contributed by atoms with van der Waals surface area (Å²) in [4.78, 5) is 14.7. The van der Waals surface area contributed by atoms with Crippen LogP contribution in [-0.4, -0.2) is 25.7 Å². The van der Waals surface area contributed by atoms with E-state index in [0.717, 1.165) is 42.9 Å². The molecule has 142 valence electrons. The summed E-state index contributed by atoms with van der Waals surface area (Å²) in [6, 6.07) is 14.1. The van der Waals surface area contributed by atoms with E-state index >= 15 is 0 Å². The summed E-state index contributed by atoms with van der Waals surface area (Å²) in [5.41, 5.74) is 1.80. The number of carbonyl (C=O) groups is 1. The van der Waals surface area contributed by atoms with E-state index in [9.17, 15) is 9.18 Å².